The lowest BCUT2D eigenvalue weighted by Gasteiger charge is -2.26. The van der Waals surface area contributed by atoms with E-state index < -0.39 is 28.8 Å². The van der Waals surface area contributed by atoms with Crippen LogP contribution in [0.4, 0.5) is 0 Å². The van der Waals surface area contributed by atoms with E-state index in [9.17, 15) is 8.42 Å². The van der Waals surface area contributed by atoms with Crippen LogP contribution in [0, 0.1) is 13.8 Å². The van der Waals surface area contributed by atoms with Gasteiger partial charge in [0, 0.05) is 0 Å². The number of aliphatic hydroxyl groups is 2. The minimum atomic E-state index is -3.77. The lowest BCUT2D eigenvalue weighted by Crippen LogP contribution is -2.51. The monoisotopic (exact) mass is 273 g/mol. The summed E-state index contributed by atoms with van der Waals surface area (Å²) in [6.07, 6.45) is 0. The van der Waals surface area contributed by atoms with Crippen molar-refractivity contribution in [2.45, 2.75) is 31.2 Å². The predicted octanol–water partition coefficient (Wildman–Crippen LogP) is 0.325. The summed E-state index contributed by atoms with van der Waals surface area (Å²) in [6, 6.07) is 5.11. The number of aryl methyl sites for hydroxylation is 2. The van der Waals surface area contributed by atoms with E-state index in [2.05, 4.69) is 4.72 Å². The number of hydrogen-bond acceptors (Lipinski definition) is 4. The van der Waals surface area contributed by atoms with Gasteiger partial charge in [0.25, 0.3) is 0 Å². The van der Waals surface area contributed by atoms with Crippen molar-refractivity contribution in [1.29, 1.82) is 0 Å². The van der Waals surface area contributed by atoms with Crippen LogP contribution in [0.5, 0.6) is 0 Å². The molecule has 0 heterocycles. The Morgan fingerprint density at radius 1 is 1.22 bits per heavy atom. The molecule has 1 rings (SSSR count). The van der Waals surface area contributed by atoms with Crippen LogP contribution in [0.3, 0.4) is 0 Å². The van der Waals surface area contributed by atoms with Gasteiger partial charge in [-0.1, -0.05) is 12.1 Å². The van der Waals surface area contributed by atoms with Gasteiger partial charge < -0.3 is 10.2 Å². The Labute approximate surface area is 108 Å². The third-order valence-corrected chi connectivity index (χ3v) is 4.49. The Balaban J connectivity index is 3.18. The van der Waals surface area contributed by atoms with Gasteiger partial charge in [-0.2, -0.15) is 0 Å². The summed E-state index contributed by atoms with van der Waals surface area (Å²) in [5.74, 6) is 0. The van der Waals surface area contributed by atoms with Crippen molar-refractivity contribution < 1.29 is 18.6 Å². The highest BCUT2D eigenvalue weighted by Gasteiger charge is 2.30. The molecule has 5 nitrogen and oxygen atoms in total. The highest BCUT2D eigenvalue weighted by atomic mass is 32.2. The molecule has 0 atom stereocenters. The molecule has 0 fully saturated rings. The number of nitrogens with one attached hydrogen (secondary N) is 1. The normalized spacial score (nSPS) is 12.7. The third kappa shape index (κ3) is 3.29. The summed E-state index contributed by atoms with van der Waals surface area (Å²) in [5.41, 5.74) is 0.177. The van der Waals surface area contributed by atoms with E-state index in [-0.39, 0.29) is 4.90 Å². The first-order valence-corrected chi connectivity index (χ1v) is 7.05. The number of rotatable bonds is 5. The standard InChI is InChI=1S/C12H19NO4S/c1-9-4-5-10(2)11(6-9)18(16,17)13-12(3,7-14)8-15/h4-6,13-15H,7-8H2,1-3H3. The number of sulfonamides is 1. The van der Waals surface area contributed by atoms with Crippen LogP contribution in [0.2, 0.25) is 0 Å². The van der Waals surface area contributed by atoms with Gasteiger partial charge in [0.15, 0.2) is 0 Å². The van der Waals surface area contributed by atoms with Gasteiger partial charge in [-0.3, -0.25) is 0 Å². The van der Waals surface area contributed by atoms with E-state index in [0.717, 1.165) is 5.56 Å². The second-order valence-corrected chi connectivity index (χ2v) is 6.40. The SMILES string of the molecule is Cc1ccc(C)c(S(=O)(=O)NC(C)(CO)CO)c1. The van der Waals surface area contributed by atoms with Crippen molar-refractivity contribution in [3.63, 3.8) is 0 Å². The van der Waals surface area contributed by atoms with Crippen LogP contribution < -0.4 is 4.72 Å². The molecule has 102 valence electrons. The molecule has 0 saturated heterocycles. The molecule has 0 aliphatic carbocycles. The first-order valence-electron chi connectivity index (χ1n) is 5.57. The molecule has 1 aromatic rings. The maximum atomic E-state index is 12.2. The fourth-order valence-electron chi connectivity index (χ4n) is 1.49. The highest BCUT2D eigenvalue weighted by molar-refractivity contribution is 7.89. The molecular formula is C12H19NO4S. The molecule has 0 radical (unpaired) electrons. The second kappa shape index (κ2) is 5.36. The zero-order valence-corrected chi connectivity index (χ0v) is 11.6. The van der Waals surface area contributed by atoms with Crippen LogP contribution in [-0.2, 0) is 10.0 Å². The first-order chi connectivity index (χ1) is 8.24. The third-order valence-electron chi connectivity index (χ3n) is 2.71. The molecule has 3 N–H and O–H groups in total. The molecule has 1 aromatic carbocycles. The smallest absolute Gasteiger partial charge is 0.241 e. The van der Waals surface area contributed by atoms with E-state index in [1.54, 1.807) is 26.0 Å². The summed E-state index contributed by atoms with van der Waals surface area (Å²) < 4.78 is 26.7. The molecule has 0 saturated carbocycles. The van der Waals surface area contributed by atoms with Gasteiger partial charge in [-0.05, 0) is 38.0 Å². The molecule has 0 bridgehead atoms. The zero-order chi connectivity index (χ0) is 14.0. The van der Waals surface area contributed by atoms with E-state index >= 15 is 0 Å². The summed E-state index contributed by atoms with van der Waals surface area (Å²) in [7, 11) is -3.77. The minimum absolute atomic E-state index is 0.163. The molecule has 0 amide bonds. The van der Waals surface area contributed by atoms with Crippen LogP contribution in [0.15, 0.2) is 23.1 Å². The number of benzene rings is 1. The minimum Gasteiger partial charge on any atom is -0.394 e. The van der Waals surface area contributed by atoms with E-state index in [1.165, 1.54) is 6.92 Å². The quantitative estimate of drug-likeness (QED) is 0.721. The predicted molar refractivity (Wildman–Crippen MR) is 68.8 cm³/mol. The summed E-state index contributed by atoms with van der Waals surface area (Å²) >= 11 is 0. The van der Waals surface area contributed by atoms with Crippen molar-refractivity contribution in [2.75, 3.05) is 13.2 Å². The first kappa shape index (κ1) is 15.1. The van der Waals surface area contributed by atoms with Crippen molar-refractivity contribution in [2.24, 2.45) is 0 Å². The van der Waals surface area contributed by atoms with Crippen molar-refractivity contribution in [3.8, 4) is 0 Å². The van der Waals surface area contributed by atoms with Crippen molar-refractivity contribution in [3.05, 3.63) is 29.3 Å². The van der Waals surface area contributed by atoms with Crippen LogP contribution >= 0.6 is 0 Å². The largest absolute Gasteiger partial charge is 0.394 e. The molecule has 0 aromatic heterocycles. The Morgan fingerprint density at radius 2 is 1.78 bits per heavy atom. The Morgan fingerprint density at radius 3 is 2.28 bits per heavy atom. The van der Waals surface area contributed by atoms with Crippen molar-refractivity contribution >= 4 is 10.0 Å². The van der Waals surface area contributed by atoms with Gasteiger partial charge in [0.1, 0.15) is 0 Å². The van der Waals surface area contributed by atoms with Gasteiger partial charge >= 0.3 is 0 Å². The lowest BCUT2D eigenvalue weighted by atomic mass is 10.1. The van der Waals surface area contributed by atoms with E-state index in [1.807, 2.05) is 6.07 Å². The fraction of sp³-hybridized carbons (Fsp3) is 0.500. The summed E-state index contributed by atoms with van der Waals surface area (Å²) in [5, 5.41) is 18.3. The lowest BCUT2D eigenvalue weighted by molar-refractivity contribution is 0.121. The van der Waals surface area contributed by atoms with Gasteiger partial charge in [0.2, 0.25) is 10.0 Å². The maximum Gasteiger partial charge on any atom is 0.241 e. The summed E-state index contributed by atoms with van der Waals surface area (Å²) in [6.45, 7) is 3.98. The molecule has 18 heavy (non-hydrogen) atoms. The van der Waals surface area contributed by atoms with Gasteiger partial charge in [0.05, 0.1) is 23.6 Å². The van der Waals surface area contributed by atoms with Crippen molar-refractivity contribution in [1.82, 2.24) is 4.72 Å². The van der Waals surface area contributed by atoms with Crippen LogP contribution in [0.1, 0.15) is 18.1 Å². The van der Waals surface area contributed by atoms with E-state index in [0.29, 0.717) is 5.56 Å². The summed E-state index contributed by atoms with van der Waals surface area (Å²) in [4.78, 5) is 0.163. The Kier molecular flexibility index (Phi) is 4.50. The second-order valence-electron chi connectivity index (χ2n) is 4.75. The molecule has 0 unspecified atom stereocenters. The molecule has 6 heteroatoms. The zero-order valence-electron chi connectivity index (χ0n) is 10.8. The van der Waals surface area contributed by atoms with E-state index in [4.69, 9.17) is 10.2 Å². The van der Waals surface area contributed by atoms with Crippen LogP contribution in [-0.4, -0.2) is 37.4 Å². The topological polar surface area (TPSA) is 86.6 Å². The molecular weight excluding hydrogens is 254 g/mol. The molecule has 0 aliphatic heterocycles. The van der Waals surface area contributed by atoms with Gasteiger partial charge in [-0.15, -0.1) is 0 Å². The Bertz CT molecular complexity index is 521. The highest BCUT2D eigenvalue weighted by Crippen LogP contribution is 2.18. The Hall–Kier alpha value is -0.950. The number of hydrogen-bond donors (Lipinski definition) is 3. The fourth-order valence-corrected chi connectivity index (χ4v) is 3.21. The van der Waals surface area contributed by atoms with Gasteiger partial charge in [-0.25, -0.2) is 13.1 Å². The average Bonchev–Trinajstić information content (AvgIpc) is 2.31. The maximum absolute atomic E-state index is 12.2. The molecule has 0 spiro atoms. The average molecular weight is 273 g/mol. The molecule has 0 aliphatic rings. The van der Waals surface area contributed by atoms with Crippen LogP contribution in [0.25, 0.3) is 0 Å². The number of aliphatic hydroxyl groups excluding tert-OH is 2.